The van der Waals surface area contributed by atoms with Gasteiger partial charge in [0.25, 0.3) is 5.91 Å². The van der Waals surface area contributed by atoms with Gasteiger partial charge in [0.2, 0.25) is 0 Å². The molecule has 0 bridgehead atoms. The first-order chi connectivity index (χ1) is 13.9. The zero-order chi connectivity index (χ0) is 21.0. The summed E-state index contributed by atoms with van der Waals surface area (Å²) in [6.45, 7) is 3.95. The Morgan fingerprint density at radius 1 is 1.24 bits per heavy atom. The van der Waals surface area contributed by atoms with Gasteiger partial charge in [-0.2, -0.15) is 10.4 Å². The van der Waals surface area contributed by atoms with Crippen LogP contribution >= 0.6 is 11.6 Å². The molecule has 0 fully saturated rings. The van der Waals surface area contributed by atoms with Crippen LogP contribution in [0.1, 0.15) is 22.4 Å². The predicted molar refractivity (Wildman–Crippen MR) is 111 cm³/mol. The van der Waals surface area contributed by atoms with Crippen molar-refractivity contribution in [2.24, 2.45) is 0 Å². The van der Waals surface area contributed by atoms with Crippen molar-refractivity contribution in [2.45, 2.75) is 20.4 Å². The fourth-order valence-corrected chi connectivity index (χ4v) is 3.08. The van der Waals surface area contributed by atoms with Crippen molar-refractivity contribution in [2.75, 3.05) is 5.32 Å². The van der Waals surface area contributed by atoms with Gasteiger partial charge in [-0.1, -0.05) is 41.9 Å². The minimum atomic E-state index is -0.524. The molecule has 3 aromatic rings. The highest BCUT2D eigenvalue weighted by atomic mass is 35.5. The first kappa shape index (κ1) is 20.3. The first-order valence-corrected chi connectivity index (χ1v) is 9.23. The maximum atomic E-state index is 13.1. The molecule has 2 aromatic carbocycles. The van der Waals surface area contributed by atoms with E-state index in [0.29, 0.717) is 28.6 Å². The van der Waals surface area contributed by atoms with E-state index in [1.165, 1.54) is 18.2 Å². The van der Waals surface area contributed by atoms with Gasteiger partial charge in [0, 0.05) is 11.3 Å². The lowest BCUT2D eigenvalue weighted by Crippen LogP contribution is -2.14. The monoisotopic (exact) mass is 408 g/mol. The predicted octanol–water partition coefficient (Wildman–Crippen LogP) is 4.89. The lowest BCUT2D eigenvalue weighted by Gasteiger charge is -2.07. The van der Waals surface area contributed by atoms with Crippen LogP contribution in [0.25, 0.3) is 6.08 Å². The largest absolute Gasteiger partial charge is 0.321 e. The molecule has 1 aromatic heterocycles. The lowest BCUT2D eigenvalue weighted by atomic mass is 10.1. The third kappa shape index (κ3) is 4.71. The molecule has 29 heavy (non-hydrogen) atoms. The summed E-state index contributed by atoms with van der Waals surface area (Å²) in [4.78, 5) is 12.5. The molecular formula is C22H18ClFN4O. The van der Waals surface area contributed by atoms with E-state index in [9.17, 15) is 14.4 Å². The number of nitriles is 1. The number of nitrogens with one attached hydrogen (secondary N) is 1. The molecule has 0 aliphatic carbocycles. The van der Waals surface area contributed by atoms with Crippen molar-refractivity contribution in [3.63, 3.8) is 0 Å². The normalized spacial score (nSPS) is 11.2. The van der Waals surface area contributed by atoms with Crippen molar-refractivity contribution in [3.05, 3.63) is 87.5 Å². The summed E-state index contributed by atoms with van der Waals surface area (Å²) in [5, 5.41) is 16.9. The summed E-state index contributed by atoms with van der Waals surface area (Å²) in [7, 11) is 0. The zero-order valence-corrected chi connectivity index (χ0v) is 16.7. The summed E-state index contributed by atoms with van der Waals surface area (Å²) in [5.41, 5.74) is 3.33. The van der Waals surface area contributed by atoms with Gasteiger partial charge in [0.1, 0.15) is 22.6 Å². The Morgan fingerprint density at radius 3 is 2.59 bits per heavy atom. The third-order valence-corrected chi connectivity index (χ3v) is 4.80. The second-order valence-electron chi connectivity index (χ2n) is 6.51. The maximum absolute atomic E-state index is 13.1. The number of nitrogens with zero attached hydrogens (tertiary/aromatic N) is 3. The molecule has 1 amide bonds. The highest BCUT2D eigenvalue weighted by molar-refractivity contribution is 6.31. The molecule has 0 saturated carbocycles. The molecule has 1 heterocycles. The smallest absolute Gasteiger partial charge is 0.266 e. The van der Waals surface area contributed by atoms with E-state index in [1.54, 1.807) is 35.9 Å². The van der Waals surface area contributed by atoms with Crippen LogP contribution in [0.2, 0.25) is 5.15 Å². The van der Waals surface area contributed by atoms with Gasteiger partial charge in [-0.3, -0.25) is 4.79 Å². The van der Waals surface area contributed by atoms with Crippen molar-refractivity contribution >= 4 is 29.3 Å². The summed E-state index contributed by atoms with van der Waals surface area (Å²) in [5.74, 6) is -0.845. The van der Waals surface area contributed by atoms with Crippen molar-refractivity contribution in [3.8, 4) is 6.07 Å². The fourth-order valence-electron chi connectivity index (χ4n) is 2.79. The molecule has 146 valence electrons. The number of anilines is 1. The molecule has 1 N–H and O–H groups in total. The number of aromatic nitrogens is 2. The SMILES string of the molecule is Cc1ccccc1NC(=O)/C(C#N)=C/c1c(C)nn(Cc2ccc(F)cc2)c1Cl. The number of hydrogen-bond donors (Lipinski definition) is 1. The molecule has 3 rings (SSSR count). The van der Waals surface area contributed by atoms with Crippen LogP contribution in [-0.2, 0) is 11.3 Å². The summed E-state index contributed by atoms with van der Waals surface area (Å²) in [6, 6.07) is 15.2. The average molecular weight is 409 g/mol. The summed E-state index contributed by atoms with van der Waals surface area (Å²) in [6.07, 6.45) is 1.43. The van der Waals surface area contributed by atoms with E-state index in [4.69, 9.17) is 11.6 Å². The molecule has 0 atom stereocenters. The van der Waals surface area contributed by atoms with E-state index in [-0.39, 0.29) is 11.4 Å². The Morgan fingerprint density at radius 2 is 1.93 bits per heavy atom. The van der Waals surface area contributed by atoms with E-state index in [2.05, 4.69) is 10.4 Å². The number of carbonyl (C=O) groups excluding carboxylic acids is 1. The number of amides is 1. The third-order valence-electron chi connectivity index (χ3n) is 4.40. The molecule has 0 saturated heterocycles. The maximum Gasteiger partial charge on any atom is 0.266 e. The highest BCUT2D eigenvalue weighted by Gasteiger charge is 2.16. The van der Waals surface area contributed by atoms with E-state index < -0.39 is 5.91 Å². The van der Waals surface area contributed by atoms with Gasteiger partial charge in [0.15, 0.2) is 0 Å². The quantitative estimate of drug-likeness (QED) is 0.482. The Hall–Kier alpha value is -3.43. The van der Waals surface area contributed by atoms with Crippen molar-refractivity contribution < 1.29 is 9.18 Å². The fraction of sp³-hybridized carbons (Fsp3) is 0.136. The van der Waals surface area contributed by atoms with Crippen LogP contribution in [0.5, 0.6) is 0 Å². The Labute approximate surface area is 173 Å². The number of para-hydroxylation sites is 1. The van der Waals surface area contributed by atoms with E-state index >= 15 is 0 Å². The van der Waals surface area contributed by atoms with Crippen LogP contribution in [0.4, 0.5) is 10.1 Å². The van der Waals surface area contributed by atoms with E-state index in [0.717, 1.165) is 11.1 Å². The molecule has 0 spiro atoms. The van der Waals surface area contributed by atoms with Gasteiger partial charge in [-0.05, 0) is 49.2 Å². The lowest BCUT2D eigenvalue weighted by molar-refractivity contribution is -0.112. The minimum Gasteiger partial charge on any atom is -0.321 e. The van der Waals surface area contributed by atoms with Crippen LogP contribution in [0.3, 0.4) is 0 Å². The molecule has 0 aliphatic rings. The van der Waals surface area contributed by atoms with Crippen LogP contribution < -0.4 is 5.32 Å². The first-order valence-electron chi connectivity index (χ1n) is 8.85. The minimum absolute atomic E-state index is 0.0837. The average Bonchev–Trinajstić information content (AvgIpc) is 2.96. The van der Waals surface area contributed by atoms with Gasteiger partial charge in [-0.25, -0.2) is 9.07 Å². The van der Waals surface area contributed by atoms with Crippen LogP contribution in [0.15, 0.2) is 54.1 Å². The van der Waals surface area contributed by atoms with E-state index in [1.807, 2.05) is 25.1 Å². The summed E-state index contributed by atoms with van der Waals surface area (Å²) >= 11 is 6.44. The molecule has 5 nitrogen and oxygen atoms in total. The topological polar surface area (TPSA) is 70.7 Å². The second kappa shape index (κ2) is 8.72. The van der Waals surface area contributed by atoms with Gasteiger partial charge < -0.3 is 5.32 Å². The number of halogens is 2. The number of carbonyl (C=O) groups is 1. The summed E-state index contributed by atoms with van der Waals surface area (Å²) < 4.78 is 14.6. The molecule has 7 heteroatoms. The number of hydrogen-bond acceptors (Lipinski definition) is 3. The number of aryl methyl sites for hydroxylation is 2. The molecule has 0 radical (unpaired) electrons. The second-order valence-corrected chi connectivity index (χ2v) is 6.87. The number of benzene rings is 2. The molecule has 0 unspecified atom stereocenters. The van der Waals surface area contributed by atoms with Crippen LogP contribution in [0, 0.1) is 31.0 Å². The number of rotatable bonds is 5. The van der Waals surface area contributed by atoms with Gasteiger partial charge in [-0.15, -0.1) is 0 Å². The van der Waals surface area contributed by atoms with Crippen LogP contribution in [-0.4, -0.2) is 15.7 Å². The van der Waals surface area contributed by atoms with Gasteiger partial charge >= 0.3 is 0 Å². The van der Waals surface area contributed by atoms with Crippen molar-refractivity contribution in [1.29, 1.82) is 5.26 Å². The van der Waals surface area contributed by atoms with Crippen molar-refractivity contribution in [1.82, 2.24) is 9.78 Å². The molecular weight excluding hydrogens is 391 g/mol. The Kier molecular flexibility index (Phi) is 6.10. The highest BCUT2D eigenvalue weighted by Crippen LogP contribution is 2.24. The molecule has 0 aliphatic heterocycles. The standard InChI is InChI=1S/C22H18ClFN4O/c1-14-5-3-4-6-20(14)26-22(29)17(12-25)11-19-15(2)27-28(21(19)23)13-16-7-9-18(24)10-8-16/h3-11H,13H2,1-2H3,(H,26,29)/b17-11+. The Bertz CT molecular complexity index is 1130. The van der Waals surface area contributed by atoms with Gasteiger partial charge in [0.05, 0.1) is 12.2 Å². The zero-order valence-electron chi connectivity index (χ0n) is 15.9. The Balaban J connectivity index is 1.86.